The standard InChI is InChI=1S/C19H23BrN4O2.HI/c1-3-21-19(24(2)13-14-4-6-15(20)7-5-14)22-12-18(26)23-16-8-10-17(25)11-9-16;/h4-11,25H,3,12-13H2,1-2H3,(H,21,22)(H,23,26);1H. The first-order chi connectivity index (χ1) is 12.5. The number of halogens is 2. The quantitative estimate of drug-likeness (QED) is 0.223. The topological polar surface area (TPSA) is 77.0 Å². The molecule has 0 unspecified atom stereocenters. The van der Waals surface area contributed by atoms with Gasteiger partial charge in [-0.1, -0.05) is 28.1 Å². The second-order valence-corrected chi connectivity index (χ2v) is 6.66. The molecule has 27 heavy (non-hydrogen) atoms. The second-order valence-electron chi connectivity index (χ2n) is 5.75. The zero-order chi connectivity index (χ0) is 18.9. The molecule has 0 aliphatic rings. The van der Waals surface area contributed by atoms with E-state index in [0.717, 1.165) is 10.0 Å². The molecule has 0 spiro atoms. The van der Waals surface area contributed by atoms with E-state index >= 15 is 0 Å². The van der Waals surface area contributed by atoms with Crippen molar-refractivity contribution in [3.8, 4) is 5.75 Å². The van der Waals surface area contributed by atoms with Crippen molar-refractivity contribution in [2.24, 2.45) is 4.99 Å². The number of phenolic OH excluding ortho intramolecular Hbond substituents is 1. The minimum absolute atomic E-state index is 0. The van der Waals surface area contributed by atoms with Crippen LogP contribution in [0.4, 0.5) is 5.69 Å². The molecule has 0 aliphatic heterocycles. The molecule has 6 nitrogen and oxygen atoms in total. The maximum Gasteiger partial charge on any atom is 0.246 e. The predicted octanol–water partition coefficient (Wildman–Crippen LogP) is 3.81. The van der Waals surface area contributed by atoms with E-state index in [4.69, 9.17) is 0 Å². The number of guanidine groups is 1. The third-order valence-electron chi connectivity index (χ3n) is 3.55. The highest BCUT2D eigenvalue weighted by Crippen LogP contribution is 2.14. The summed E-state index contributed by atoms with van der Waals surface area (Å²) in [5, 5.41) is 15.2. The summed E-state index contributed by atoms with van der Waals surface area (Å²) in [7, 11) is 1.93. The number of carbonyl (C=O) groups excluding carboxylic acids is 1. The minimum Gasteiger partial charge on any atom is -0.508 e. The van der Waals surface area contributed by atoms with Gasteiger partial charge in [0.15, 0.2) is 5.96 Å². The van der Waals surface area contributed by atoms with Gasteiger partial charge in [-0.05, 0) is 48.9 Å². The second kappa shape index (κ2) is 11.8. The van der Waals surface area contributed by atoms with Crippen molar-refractivity contribution in [1.82, 2.24) is 10.2 Å². The van der Waals surface area contributed by atoms with E-state index in [0.29, 0.717) is 24.7 Å². The molecule has 0 saturated heterocycles. The SMILES string of the molecule is CCNC(=NCC(=O)Nc1ccc(O)cc1)N(C)Cc1ccc(Br)cc1.I. The van der Waals surface area contributed by atoms with Gasteiger partial charge >= 0.3 is 0 Å². The molecule has 1 amide bonds. The third-order valence-corrected chi connectivity index (χ3v) is 4.08. The predicted molar refractivity (Wildman–Crippen MR) is 124 cm³/mol. The number of hydrogen-bond donors (Lipinski definition) is 3. The smallest absolute Gasteiger partial charge is 0.246 e. The van der Waals surface area contributed by atoms with E-state index in [-0.39, 0.29) is 42.2 Å². The number of hydrogen-bond acceptors (Lipinski definition) is 3. The molecular weight excluding hydrogens is 523 g/mol. The van der Waals surface area contributed by atoms with Crippen LogP contribution >= 0.6 is 39.9 Å². The zero-order valence-electron chi connectivity index (χ0n) is 15.3. The van der Waals surface area contributed by atoms with Crippen molar-refractivity contribution >= 4 is 57.5 Å². The summed E-state index contributed by atoms with van der Waals surface area (Å²) in [4.78, 5) is 18.5. The maximum atomic E-state index is 12.1. The summed E-state index contributed by atoms with van der Waals surface area (Å²) in [6.07, 6.45) is 0. The average molecular weight is 547 g/mol. The van der Waals surface area contributed by atoms with Crippen LogP contribution in [-0.2, 0) is 11.3 Å². The van der Waals surface area contributed by atoms with E-state index in [9.17, 15) is 9.90 Å². The van der Waals surface area contributed by atoms with Crippen LogP contribution in [0, 0.1) is 0 Å². The van der Waals surface area contributed by atoms with Gasteiger partial charge in [0.05, 0.1) is 0 Å². The number of anilines is 1. The molecule has 3 N–H and O–H groups in total. The monoisotopic (exact) mass is 546 g/mol. The number of carbonyl (C=O) groups is 1. The van der Waals surface area contributed by atoms with Crippen LogP contribution in [-0.4, -0.2) is 42.0 Å². The first kappa shape index (κ1) is 23.2. The normalized spacial score (nSPS) is 10.7. The molecule has 2 aromatic carbocycles. The first-order valence-electron chi connectivity index (χ1n) is 8.30. The van der Waals surface area contributed by atoms with Crippen molar-refractivity contribution in [2.75, 3.05) is 25.5 Å². The van der Waals surface area contributed by atoms with Crippen LogP contribution in [0.1, 0.15) is 12.5 Å². The van der Waals surface area contributed by atoms with E-state index in [1.165, 1.54) is 12.1 Å². The van der Waals surface area contributed by atoms with Crippen molar-refractivity contribution in [3.05, 3.63) is 58.6 Å². The summed E-state index contributed by atoms with van der Waals surface area (Å²) in [5.74, 6) is 0.601. The Balaban J connectivity index is 0.00000364. The lowest BCUT2D eigenvalue weighted by molar-refractivity contribution is -0.114. The van der Waals surface area contributed by atoms with E-state index in [1.54, 1.807) is 12.1 Å². The third kappa shape index (κ3) is 8.17. The molecule has 0 atom stereocenters. The lowest BCUT2D eigenvalue weighted by Crippen LogP contribution is -2.39. The molecule has 0 heterocycles. The van der Waals surface area contributed by atoms with Crippen LogP contribution in [0.15, 0.2) is 58.0 Å². The minimum atomic E-state index is -0.219. The largest absolute Gasteiger partial charge is 0.508 e. The van der Waals surface area contributed by atoms with Crippen LogP contribution in [0.25, 0.3) is 0 Å². The number of amides is 1. The molecule has 8 heteroatoms. The molecule has 2 rings (SSSR count). The lowest BCUT2D eigenvalue weighted by atomic mass is 10.2. The van der Waals surface area contributed by atoms with E-state index in [2.05, 4.69) is 31.6 Å². The van der Waals surface area contributed by atoms with Crippen molar-refractivity contribution in [3.63, 3.8) is 0 Å². The summed E-state index contributed by atoms with van der Waals surface area (Å²) >= 11 is 3.43. The van der Waals surface area contributed by atoms with E-state index < -0.39 is 0 Å². The van der Waals surface area contributed by atoms with Crippen LogP contribution in [0.3, 0.4) is 0 Å². The van der Waals surface area contributed by atoms with Gasteiger partial charge in [-0.25, -0.2) is 4.99 Å². The average Bonchev–Trinajstić information content (AvgIpc) is 2.62. The van der Waals surface area contributed by atoms with Gasteiger partial charge in [0.25, 0.3) is 0 Å². The van der Waals surface area contributed by atoms with Crippen LogP contribution in [0.5, 0.6) is 5.75 Å². The van der Waals surface area contributed by atoms with Gasteiger partial charge in [0.2, 0.25) is 5.91 Å². The molecule has 0 aliphatic carbocycles. The number of nitrogens with zero attached hydrogens (tertiary/aromatic N) is 2. The summed E-state index contributed by atoms with van der Waals surface area (Å²) in [6.45, 7) is 3.38. The number of nitrogens with one attached hydrogen (secondary N) is 2. The van der Waals surface area contributed by atoms with Crippen molar-refractivity contribution < 1.29 is 9.90 Å². The van der Waals surface area contributed by atoms with Crippen LogP contribution in [0.2, 0.25) is 0 Å². The number of aliphatic imine (C=N–C) groups is 1. The van der Waals surface area contributed by atoms with E-state index in [1.807, 2.05) is 43.1 Å². The Bertz CT molecular complexity index is 751. The highest BCUT2D eigenvalue weighted by Gasteiger charge is 2.08. The maximum absolute atomic E-state index is 12.1. The van der Waals surface area contributed by atoms with Crippen molar-refractivity contribution in [1.29, 1.82) is 0 Å². The Labute approximate surface area is 185 Å². The Morgan fingerprint density at radius 2 is 1.78 bits per heavy atom. The first-order valence-corrected chi connectivity index (χ1v) is 9.10. The van der Waals surface area contributed by atoms with Gasteiger partial charge in [-0.3, -0.25) is 4.79 Å². The van der Waals surface area contributed by atoms with Gasteiger partial charge < -0.3 is 20.6 Å². The molecule has 0 aromatic heterocycles. The lowest BCUT2D eigenvalue weighted by Gasteiger charge is -2.22. The molecular formula is C19H24BrIN4O2. The summed E-state index contributed by atoms with van der Waals surface area (Å²) in [5.41, 5.74) is 1.77. The fraction of sp³-hybridized carbons (Fsp3) is 0.263. The highest BCUT2D eigenvalue weighted by molar-refractivity contribution is 14.0. The van der Waals surface area contributed by atoms with Crippen molar-refractivity contribution in [2.45, 2.75) is 13.5 Å². The molecule has 0 saturated carbocycles. The Hall–Kier alpha value is -1.81. The molecule has 0 bridgehead atoms. The zero-order valence-corrected chi connectivity index (χ0v) is 19.2. The number of aromatic hydroxyl groups is 1. The summed E-state index contributed by atoms with van der Waals surface area (Å²) in [6, 6.07) is 14.4. The highest BCUT2D eigenvalue weighted by atomic mass is 127. The summed E-state index contributed by atoms with van der Waals surface area (Å²) < 4.78 is 1.04. The Kier molecular flexibility index (Phi) is 10.2. The van der Waals surface area contributed by atoms with Gasteiger partial charge in [0.1, 0.15) is 12.3 Å². The fourth-order valence-corrected chi connectivity index (χ4v) is 2.56. The van der Waals surface area contributed by atoms with Crippen LogP contribution < -0.4 is 10.6 Å². The number of rotatable bonds is 6. The molecule has 0 fully saturated rings. The van der Waals surface area contributed by atoms with Gasteiger partial charge in [-0.2, -0.15) is 0 Å². The molecule has 2 aromatic rings. The molecule has 146 valence electrons. The fourth-order valence-electron chi connectivity index (χ4n) is 2.30. The molecule has 0 radical (unpaired) electrons. The number of phenols is 1. The van der Waals surface area contributed by atoms with Gasteiger partial charge in [0, 0.05) is 30.3 Å². The number of benzene rings is 2. The Morgan fingerprint density at radius 1 is 1.15 bits per heavy atom. The van der Waals surface area contributed by atoms with Gasteiger partial charge in [-0.15, -0.1) is 24.0 Å². The Morgan fingerprint density at radius 3 is 2.37 bits per heavy atom.